The second-order valence-electron chi connectivity index (χ2n) is 3.11. The molecule has 0 bridgehead atoms. The highest BCUT2D eigenvalue weighted by Gasteiger charge is 2.24. The van der Waals surface area contributed by atoms with E-state index in [2.05, 4.69) is 35.6 Å². The van der Waals surface area contributed by atoms with Crippen molar-refractivity contribution in [3.8, 4) is 0 Å². The number of carbonyl (C=O) groups is 1. The molecule has 0 N–H and O–H groups in total. The maximum absolute atomic E-state index is 11.0. The summed E-state index contributed by atoms with van der Waals surface area (Å²) in [5.74, 6) is -0.169. The Hall–Kier alpha value is -0.830. The van der Waals surface area contributed by atoms with Crippen LogP contribution in [0.4, 0.5) is 0 Å². The van der Waals surface area contributed by atoms with Crippen molar-refractivity contribution in [2.24, 2.45) is 0 Å². The number of nitrogens with zero attached hydrogens (tertiary/aromatic N) is 1. The summed E-state index contributed by atoms with van der Waals surface area (Å²) in [5.41, 5.74) is 0. The lowest BCUT2D eigenvalue weighted by Gasteiger charge is -2.24. The van der Waals surface area contributed by atoms with E-state index < -0.39 is 0 Å². The third-order valence-corrected chi connectivity index (χ3v) is 2.25. The van der Waals surface area contributed by atoms with Gasteiger partial charge in [-0.1, -0.05) is 12.2 Å². The number of hydrogen-bond donors (Lipinski definition) is 0. The van der Waals surface area contributed by atoms with Crippen molar-refractivity contribution in [2.45, 2.75) is 25.9 Å². The molecule has 68 valence electrons. The van der Waals surface area contributed by atoms with Gasteiger partial charge in [-0.25, -0.2) is 0 Å². The molecule has 2 atom stereocenters. The van der Waals surface area contributed by atoms with E-state index in [1.807, 2.05) is 0 Å². The molecule has 0 aromatic heterocycles. The number of carbonyl (C=O) groups excluding carboxylic acids is 1. The van der Waals surface area contributed by atoms with E-state index in [9.17, 15) is 4.79 Å². The molecule has 0 unspecified atom stereocenters. The zero-order valence-electron chi connectivity index (χ0n) is 7.78. The van der Waals surface area contributed by atoms with Crippen LogP contribution in [0, 0.1) is 0 Å². The van der Waals surface area contributed by atoms with Crippen molar-refractivity contribution in [1.82, 2.24) is 4.90 Å². The van der Waals surface area contributed by atoms with Gasteiger partial charge < -0.3 is 4.74 Å². The number of methoxy groups -OCH3 is 1. The summed E-state index contributed by atoms with van der Waals surface area (Å²) in [7, 11) is 1.42. The standard InChI is InChI=1S/C9H15NO2/c1-7-4-5-8(2)10(7)6-9(11)12-3/h4-5,7-8H,6H2,1-3H3/t7-,8-/m0/s1. The van der Waals surface area contributed by atoms with Crippen molar-refractivity contribution in [1.29, 1.82) is 0 Å². The summed E-state index contributed by atoms with van der Waals surface area (Å²) in [6, 6.07) is 0.693. The van der Waals surface area contributed by atoms with E-state index in [0.29, 0.717) is 18.6 Å². The molecular formula is C9H15NO2. The summed E-state index contributed by atoms with van der Waals surface area (Å²) >= 11 is 0. The van der Waals surface area contributed by atoms with Crippen LogP contribution in [0.1, 0.15) is 13.8 Å². The predicted octanol–water partition coefficient (Wildman–Crippen LogP) is 0.808. The molecule has 1 aliphatic heterocycles. The second-order valence-corrected chi connectivity index (χ2v) is 3.11. The predicted molar refractivity (Wildman–Crippen MR) is 46.8 cm³/mol. The van der Waals surface area contributed by atoms with Crippen LogP contribution in [0.5, 0.6) is 0 Å². The third-order valence-electron chi connectivity index (χ3n) is 2.25. The van der Waals surface area contributed by atoms with E-state index in [4.69, 9.17) is 0 Å². The van der Waals surface area contributed by atoms with Crippen molar-refractivity contribution in [2.75, 3.05) is 13.7 Å². The molecule has 0 saturated heterocycles. The van der Waals surface area contributed by atoms with Crippen molar-refractivity contribution >= 4 is 5.97 Å². The molecule has 0 fully saturated rings. The maximum Gasteiger partial charge on any atom is 0.319 e. The van der Waals surface area contributed by atoms with Crippen LogP contribution in [0.15, 0.2) is 12.2 Å². The first kappa shape index (κ1) is 9.26. The van der Waals surface area contributed by atoms with Gasteiger partial charge in [-0.3, -0.25) is 9.69 Å². The Kier molecular flexibility index (Phi) is 2.87. The molecule has 0 amide bonds. The molecule has 12 heavy (non-hydrogen) atoms. The Morgan fingerprint density at radius 3 is 2.33 bits per heavy atom. The quantitative estimate of drug-likeness (QED) is 0.452. The highest BCUT2D eigenvalue weighted by atomic mass is 16.5. The summed E-state index contributed by atoms with van der Waals surface area (Å²) in [4.78, 5) is 13.1. The topological polar surface area (TPSA) is 29.5 Å². The Labute approximate surface area is 73.0 Å². The maximum atomic E-state index is 11.0. The van der Waals surface area contributed by atoms with Gasteiger partial charge in [-0.05, 0) is 13.8 Å². The second kappa shape index (κ2) is 3.72. The minimum atomic E-state index is -0.169. The van der Waals surface area contributed by atoms with Crippen molar-refractivity contribution in [3.63, 3.8) is 0 Å². The van der Waals surface area contributed by atoms with Crippen LogP contribution in [0.25, 0.3) is 0 Å². The Bertz CT molecular complexity index is 189. The molecule has 0 radical (unpaired) electrons. The van der Waals surface area contributed by atoms with Crippen LogP contribution in [-0.2, 0) is 9.53 Å². The number of esters is 1. The van der Waals surface area contributed by atoms with Crippen LogP contribution in [0.3, 0.4) is 0 Å². The molecule has 0 aliphatic carbocycles. The normalized spacial score (nSPS) is 29.2. The molecule has 1 rings (SSSR count). The first-order valence-electron chi connectivity index (χ1n) is 4.16. The minimum Gasteiger partial charge on any atom is -0.468 e. The van der Waals surface area contributed by atoms with E-state index >= 15 is 0 Å². The van der Waals surface area contributed by atoms with Crippen LogP contribution >= 0.6 is 0 Å². The fourth-order valence-corrected chi connectivity index (χ4v) is 1.42. The van der Waals surface area contributed by atoms with Crippen molar-refractivity contribution < 1.29 is 9.53 Å². The van der Waals surface area contributed by atoms with Gasteiger partial charge >= 0.3 is 5.97 Å². The summed E-state index contributed by atoms with van der Waals surface area (Å²) in [5, 5.41) is 0. The van der Waals surface area contributed by atoms with Gasteiger partial charge in [0.25, 0.3) is 0 Å². The highest BCUT2D eigenvalue weighted by Crippen LogP contribution is 2.15. The molecule has 0 spiro atoms. The number of ether oxygens (including phenoxy) is 1. The van der Waals surface area contributed by atoms with Crippen molar-refractivity contribution in [3.05, 3.63) is 12.2 Å². The van der Waals surface area contributed by atoms with Gasteiger partial charge in [0.05, 0.1) is 13.7 Å². The van der Waals surface area contributed by atoms with Gasteiger partial charge in [0.1, 0.15) is 0 Å². The zero-order valence-corrected chi connectivity index (χ0v) is 7.78. The molecule has 1 aliphatic rings. The average Bonchev–Trinajstić information content (AvgIpc) is 2.35. The first-order chi connectivity index (χ1) is 5.65. The first-order valence-corrected chi connectivity index (χ1v) is 4.16. The van der Waals surface area contributed by atoms with E-state index in [1.165, 1.54) is 7.11 Å². The van der Waals surface area contributed by atoms with Crippen LogP contribution < -0.4 is 0 Å². The fraction of sp³-hybridized carbons (Fsp3) is 0.667. The van der Waals surface area contributed by atoms with Crippen LogP contribution in [0.2, 0.25) is 0 Å². The Balaban J connectivity index is 2.47. The molecule has 3 heteroatoms. The fourth-order valence-electron chi connectivity index (χ4n) is 1.42. The van der Waals surface area contributed by atoms with Crippen LogP contribution in [-0.4, -0.2) is 36.6 Å². The highest BCUT2D eigenvalue weighted by molar-refractivity contribution is 5.71. The van der Waals surface area contributed by atoms with E-state index in [0.717, 1.165) is 0 Å². The largest absolute Gasteiger partial charge is 0.468 e. The molecule has 3 nitrogen and oxygen atoms in total. The van der Waals surface area contributed by atoms with E-state index in [1.54, 1.807) is 0 Å². The molecule has 1 heterocycles. The Morgan fingerprint density at radius 1 is 1.42 bits per heavy atom. The molecular weight excluding hydrogens is 154 g/mol. The lowest BCUT2D eigenvalue weighted by molar-refractivity contribution is -0.142. The van der Waals surface area contributed by atoms with Gasteiger partial charge in [0, 0.05) is 12.1 Å². The molecule has 0 aromatic carbocycles. The lowest BCUT2D eigenvalue weighted by Crippen LogP contribution is -2.38. The number of hydrogen-bond acceptors (Lipinski definition) is 3. The summed E-state index contributed by atoms with van der Waals surface area (Å²) in [6.07, 6.45) is 4.21. The lowest BCUT2D eigenvalue weighted by atomic mass is 10.3. The Morgan fingerprint density at radius 2 is 1.92 bits per heavy atom. The van der Waals surface area contributed by atoms with Gasteiger partial charge in [0.2, 0.25) is 0 Å². The monoisotopic (exact) mass is 169 g/mol. The summed E-state index contributed by atoms with van der Waals surface area (Å²) < 4.78 is 4.60. The smallest absolute Gasteiger partial charge is 0.319 e. The third kappa shape index (κ3) is 1.85. The van der Waals surface area contributed by atoms with E-state index in [-0.39, 0.29) is 5.97 Å². The molecule has 0 saturated carbocycles. The molecule has 0 aromatic rings. The summed E-state index contributed by atoms with van der Waals surface area (Å²) in [6.45, 7) is 4.53. The minimum absolute atomic E-state index is 0.169. The number of rotatable bonds is 2. The average molecular weight is 169 g/mol. The van der Waals surface area contributed by atoms with Gasteiger partial charge in [-0.2, -0.15) is 0 Å². The van der Waals surface area contributed by atoms with Gasteiger partial charge in [0.15, 0.2) is 0 Å². The zero-order chi connectivity index (χ0) is 9.14. The SMILES string of the molecule is COC(=O)CN1[C@@H](C)C=C[C@@H]1C. The van der Waals surface area contributed by atoms with Gasteiger partial charge in [-0.15, -0.1) is 0 Å².